The molecule has 9 heteroatoms. The second kappa shape index (κ2) is 11.1. The molecule has 9 nitrogen and oxygen atoms in total. The van der Waals surface area contributed by atoms with Gasteiger partial charge in [0.15, 0.2) is 0 Å². The number of aromatic amines is 1. The number of urea groups is 1. The third-order valence-corrected chi connectivity index (χ3v) is 7.24. The molecule has 3 amide bonds. The van der Waals surface area contributed by atoms with Crippen molar-refractivity contribution in [2.75, 3.05) is 10.6 Å². The number of aryl methyl sites for hydroxylation is 2. The zero-order chi connectivity index (χ0) is 26.6. The van der Waals surface area contributed by atoms with Crippen LogP contribution in [0.15, 0.2) is 42.5 Å². The van der Waals surface area contributed by atoms with Crippen LogP contribution in [0.25, 0.3) is 0 Å². The highest BCUT2D eigenvalue weighted by Crippen LogP contribution is 2.39. The Labute approximate surface area is 218 Å². The van der Waals surface area contributed by atoms with Crippen LogP contribution >= 0.6 is 0 Å². The van der Waals surface area contributed by atoms with Gasteiger partial charge in [-0.05, 0) is 97.0 Å². The molecule has 0 spiro atoms. The highest BCUT2D eigenvalue weighted by Gasteiger charge is 2.33. The van der Waals surface area contributed by atoms with Crippen LogP contribution in [0.5, 0.6) is 0 Å². The Balaban J connectivity index is 1.49. The van der Waals surface area contributed by atoms with Crippen LogP contribution in [0.3, 0.4) is 0 Å². The van der Waals surface area contributed by atoms with Crippen LogP contribution in [0.1, 0.15) is 73.5 Å². The standard InChI is InChI=1S/C28H37N7O2/c1-18-14-19(2)16-23(15-18)29-27(37)35(24-12-10-22(11-13-24)28(3,4)5)17-20-6-8-21(9-7-20)25(36)30-26-31-33-34-32-26/h6-9,14-16,22,24H,10-13,17H2,1-5H3,(H,29,37)(H2,30,31,32,33,34,36). The van der Waals surface area contributed by atoms with Gasteiger partial charge in [0.1, 0.15) is 0 Å². The molecule has 2 aromatic carbocycles. The summed E-state index contributed by atoms with van der Waals surface area (Å²) in [6.07, 6.45) is 4.17. The third kappa shape index (κ3) is 6.93. The number of nitrogens with zero attached hydrogens (tertiary/aromatic N) is 4. The second-order valence-corrected chi connectivity index (χ2v) is 11.2. The van der Waals surface area contributed by atoms with E-state index in [2.05, 4.69) is 58.1 Å². The minimum atomic E-state index is -0.321. The van der Waals surface area contributed by atoms with Crippen molar-refractivity contribution in [1.29, 1.82) is 0 Å². The van der Waals surface area contributed by atoms with E-state index in [0.717, 1.165) is 48.1 Å². The quantitative estimate of drug-likeness (QED) is 0.399. The molecule has 1 fully saturated rings. The monoisotopic (exact) mass is 503 g/mol. The second-order valence-electron chi connectivity index (χ2n) is 11.2. The Morgan fingerprint density at radius 1 is 0.973 bits per heavy atom. The molecule has 1 heterocycles. The molecule has 4 rings (SSSR count). The SMILES string of the molecule is Cc1cc(C)cc(NC(=O)N(Cc2ccc(C(=O)Nc3nn[nH]n3)cc2)C2CCC(C(C)(C)C)CC2)c1. The molecule has 3 aromatic rings. The molecule has 0 saturated heterocycles. The molecular weight excluding hydrogens is 466 g/mol. The molecule has 3 N–H and O–H groups in total. The zero-order valence-electron chi connectivity index (χ0n) is 22.3. The van der Waals surface area contributed by atoms with Crippen LogP contribution in [0.2, 0.25) is 0 Å². The number of nitrogens with one attached hydrogen (secondary N) is 3. The number of hydrogen-bond donors (Lipinski definition) is 3. The zero-order valence-corrected chi connectivity index (χ0v) is 22.3. The van der Waals surface area contributed by atoms with Crippen molar-refractivity contribution in [1.82, 2.24) is 25.5 Å². The van der Waals surface area contributed by atoms with Crippen LogP contribution in [0, 0.1) is 25.2 Å². The maximum Gasteiger partial charge on any atom is 0.322 e. The number of benzene rings is 2. The van der Waals surface area contributed by atoms with Crippen molar-refractivity contribution in [3.8, 4) is 0 Å². The summed E-state index contributed by atoms with van der Waals surface area (Å²) in [7, 11) is 0. The molecule has 1 aromatic heterocycles. The van der Waals surface area contributed by atoms with Gasteiger partial charge >= 0.3 is 6.03 Å². The van der Waals surface area contributed by atoms with E-state index in [0.29, 0.717) is 18.0 Å². The van der Waals surface area contributed by atoms with Gasteiger partial charge in [-0.25, -0.2) is 4.79 Å². The highest BCUT2D eigenvalue weighted by atomic mass is 16.2. The van der Waals surface area contributed by atoms with E-state index >= 15 is 0 Å². The Morgan fingerprint density at radius 3 is 2.19 bits per heavy atom. The molecule has 0 bridgehead atoms. The molecule has 0 unspecified atom stereocenters. The molecule has 0 atom stereocenters. The van der Waals surface area contributed by atoms with Crippen LogP contribution in [-0.2, 0) is 6.54 Å². The first-order valence-electron chi connectivity index (χ1n) is 12.9. The first-order valence-corrected chi connectivity index (χ1v) is 12.9. The number of aromatic nitrogens is 4. The summed E-state index contributed by atoms with van der Waals surface area (Å²) >= 11 is 0. The summed E-state index contributed by atoms with van der Waals surface area (Å²) in [5.74, 6) is 0.456. The molecule has 37 heavy (non-hydrogen) atoms. The molecule has 1 aliphatic carbocycles. The fourth-order valence-corrected chi connectivity index (χ4v) is 5.21. The predicted octanol–water partition coefficient (Wildman–Crippen LogP) is 5.71. The largest absolute Gasteiger partial charge is 0.322 e. The number of amides is 3. The van der Waals surface area contributed by atoms with Crippen LogP contribution < -0.4 is 10.6 Å². The Hall–Kier alpha value is -3.75. The van der Waals surface area contributed by atoms with Crippen molar-refractivity contribution in [2.45, 2.75) is 72.9 Å². The van der Waals surface area contributed by atoms with Crippen molar-refractivity contribution < 1.29 is 9.59 Å². The van der Waals surface area contributed by atoms with Gasteiger partial charge in [0, 0.05) is 23.8 Å². The normalized spacial score (nSPS) is 17.8. The number of hydrogen-bond acceptors (Lipinski definition) is 5. The fourth-order valence-electron chi connectivity index (χ4n) is 5.21. The summed E-state index contributed by atoms with van der Waals surface area (Å²) in [6.45, 7) is 11.4. The molecule has 0 radical (unpaired) electrons. The summed E-state index contributed by atoms with van der Waals surface area (Å²) in [6, 6.07) is 13.4. The molecule has 0 aliphatic heterocycles. The number of H-pyrrole nitrogens is 1. The summed E-state index contributed by atoms with van der Waals surface area (Å²) in [5, 5.41) is 19.0. The van der Waals surface area contributed by atoms with Crippen molar-refractivity contribution in [3.63, 3.8) is 0 Å². The van der Waals surface area contributed by atoms with Gasteiger partial charge in [-0.2, -0.15) is 5.21 Å². The van der Waals surface area contributed by atoms with Gasteiger partial charge in [-0.1, -0.05) is 44.1 Å². The number of carbonyl (C=O) groups excluding carboxylic acids is 2. The lowest BCUT2D eigenvalue weighted by Crippen LogP contribution is -2.45. The predicted molar refractivity (Wildman–Crippen MR) is 144 cm³/mol. The highest BCUT2D eigenvalue weighted by molar-refractivity contribution is 6.03. The Bertz CT molecular complexity index is 1190. The average molecular weight is 504 g/mol. The van der Waals surface area contributed by atoms with E-state index in [9.17, 15) is 9.59 Å². The molecule has 196 valence electrons. The summed E-state index contributed by atoms with van der Waals surface area (Å²) in [4.78, 5) is 28.0. The Morgan fingerprint density at radius 2 is 1.62 bits per heavy atom. The first kappa shape index (κ1) is 26.3. The maximum absolute atomic E-state index is 13.6. The number of anilines is 2. The molecule has 1 saturated carbocycles. The first-order chi connectivity index (χ1) is 17.6. The lowest BCUT2D eigenvalue weighted by atomic mass is 9.71. The minimum Gasteiger partial charge on any atom is -0.317 e. The minimum absolute atomic E-state index is 0.0943. The number of tetrazole rings is 1. The van der Waals surface area contributed by atoms with Crippen LogP contribution in [0.4, 0.5) is 16.4 Å². The van der Waals surface area contributed by atoms with Crippen molar-refractivity contribution in [2.24, 2.45) is 11.3 Å². The van der Waals surface area contributed by atoms with Gasteiger partial charge in [0.25, 0.3) is 11.9 Å². The number of carbonyl (C=O) groups is 2. The topological polar surface area (TPSA) is 116 Å². The lowest BCUT2D eigenvalue weighted by Gasteiger charge is -2.41. The van der Waals surface area contributed by atoms with Gasteiger partial charge in [-0.3, -0.25) is 10.1 Å². The van der Waals surface area contributed by atoms with E-state index in [1.54, 1.807) is 12.1 Å². The van der Waals surface area contributed by atoms with Gasteiger partial charge in [0.2, 0.25) is 0 Å². The van der Waals surface area contributed by atoms with Gasteiger partial charge < -0.3 is 10.2 Å². The van der Waals surface area contributed by atoms with Crippen molar-refractivity contribution >= 4 is 23.6 Å². The third-order valence-electron chi connectivity index (χ3n) is 7.24. The molecule has 1 aliphatic rings. The smallest absolute Gasteiger partial charge is 0.317 e. The van der Waals surface area contributed by atoms with Crippen molar-refractivity contribution in [3.05, 3.63) is 64.7 Å². The number of rotatable bonds is 6. The Kier molecular flexibility index (Phi) is 7.90. The maximum atomic E-state index is 13.6. The summed E-state index contributed by atoms with van der Waals surface area (Å²) < 4.78 is 0. The fraction of sp³-hybridized carbons (Fsp3) is 0.464. The van der Waals surface area contributed by atoms with E-state index in [4.69, 9.17) is 0 Å². The van der Waals surface area contributed by atoms with E-state index in [1.165, 1.54) is 0 Å². The summed E-state index contributed by atoms with van der Waals surface area (Å²) in [5.41, 5.74) is 4.75. The van der Waals surface area contributed by atoms with Crippen LogP contribution in [-0.4, -0.2) is 43.5 Å². The lowest BCUT2D eigenvalue weighted by molar-refractivity contribution is 0.102. The van der Waals surface area contributed by atoms with E-state index < -0.39 is 0 Å². The van der Waals surface area contributed by atoms with Gasteiger partial charge in [-0.15, -0.1) is 5.10 Å². The molecular formula is C28H37N7O2. The van der Waals surface area contributed by atoms with E-state index in [1.807, 2.05) is 43.0 Å². The van der Waals surface area contributed by atoms with Gasteiger partial charge in [0.05, 0.1) is 0 Å². The average Bonchev–Trinajstić information content (AvgIpc) is 3.35. The van der Waals surface area contributed by atoms with E-state index in [-0.39, 0.29) is 29.3 Å².